The molecule has 3 aromatic heterocycles. The van der Waals surface area contributed by atoms with Crippen molar-refractivity contribution in [3.05, 3.63) is 84.1 Å². The number of anilines is 1. The molecule has 0 aliphatic heterocycles. The molecule has 0 fully saturated rings. The highest BCUT2D eigenvalue weighted by Gasteiger charge is 2.18. The molecule has 0 saturated heterocycles. The molecule has 2 aromatic carbocycles. The zero-order chi connectivity index (χ0) is 18.1. The predicted octanol–water partition coefficient (Wildman–Crippen LogP) is 3.24. The van der Waals surface area contributed by atoms with Crippen LogP contribution < -0.4 is 5.32 Å². The van der Waals surface area contributed by atoms with Crippen molar-refractivity contribution in [2.45, 2.75) is 5.92 Å². The predicted molar refractivity (Wildman–Crippen MR) is 104 cm³/mol. The summed E-state index contributed by atoms with van der Waals surface area (Å²) in [5, 5.41) is 20.4. The van der Waals surface area contributed by atoms with Gasteiger partial charge in [-0.15, -0.1) is 14.8 Å². The van der Waals surface area contributed by atoms with Crippen LogP contribution in [0.5, 0.6) is 0 Å². The van der Waals surface area contributed by atoms with Gasteiger partial charge in [-0.05, 0) is 39.8 Å². The maximum Gasteiger partial charge on any atom is 0.200 e. The number of fused-ring (bicyclic) bond motifs is 2. The summed E-state index contributed by atoms with van der Waals surface area (Å²) >= 11 is 0. The number of para-hydroxylation sites is 1. The van der Waals surface area contributed by atoms with Gasteiger partial charge in [0.2, 0.25) is 0 Å². The minimum absolute atomic E-state index is 0.175. The Morgan fingerprint density at radius 2 is 1.81 bits per heavy atom. The monoisotopic (exact) mass is 355 g/mol. The van der Waals surface area contributed by atoms with Crippen molar-refractivity contribution in [2.75, 3.05) is 11.9 Å². The van der Waals surface area contributed by atoms with E-state index in [2.05, 4.69) is 79.6 Å². The van der Waals surface area contributed by atoms with Gasteiger partial charge >= 0.3 is 0 Å². The van der Waals surface area contributed by atoms with Gasteiger partial charge in [-0.25, -0.2) is 0 Å². The molecule has 0 spiro atoms. The highest BCUT2D eigenvalue weighted by molar-refractivity contribution is 5.84. The lowest BCUT2D eigenvalue weighted by Gasteiger charge is -2.18. The molecule has 5 aromatic rings. The maximum atomic E-state index is 4.41. The maximum absolute atomic E-state index is 4.41. The van der Waals surface area contributed by atoms with Gasteiger partial charge in [-0.2, -0.15) is 0 Å². The van der Waals surface area contributed by atoms with Crippen LogP contribution in [0.15, 0.2) is 72.9 Å². The van der Waals surface area contributed by atoms with Gasteiger partial charge in [0, 0.05) is 29.6 Å². The summed E-state index contributed by atoms with van der Waals surface area (Å²) in [6.45, 7) is 0.701. The number of hydrogen-bond acceptors (Lipinski definition) is 5. The smallest absolute Gasteiger partial charge is 0.200 e. The second-order valence-corrected chi connectivity index (χ2v) is 6.38. The average Bonchev–Trinajstić information content (AvgIpc) is 3.36. The van der Waals surface area contributed by atoms with E-state index in [0.717, 1.165) is 11.3 Å². The van der Waals surface area contributed by atoms with Crippen molar-refractivity contribution in [2.24, 2.45) is 0 Å². The Labute approximate surface area is 155 Å². The number of hydrogen-bond donors (Lipinski definition) is 2. The molecule has 0 amide bonds. The number of rotatable bonds is 5. The minimum atomic E-state index is 0.175. The van der Waals surface area contributed by atoms with Crippen molar-refractivity contribution in [1.29, 1.82) is 0 Å². The number of aromatic nitrogens is 6. The molecule has 27 heavy (non-hydrogen) atoms. The summed E-state index contributed by atoms with van der Waals surface area (Å²) in [5.74, 6) is 0.907. The number of nitrogens with one attached hydrogen (secondary N) is 2. The quantitative estimate of drug-likeness (QED) is 0.506. The average molecular weight is 355 g/mol. The largest absolute Gasteiger partial charge is 0.368 e. The van der Waals surface area contributed by atoms with Gasteiger partial charge in [0.05, 0.1) is 0 Å². The Kier molecular flexibility index (Phi) is 3.75. The number of tetrazole rings is 1. The summed E-state index contributed by atoms with van der Waals surface area (Å²) in [6.07, 6.45) is 2.10. The van der Waals surface area contributed by atoms with Gasteiger partial charge in [0.1, 0.15) is 5.82 Å². The lowest BCUT2D eigenvalue weighted by molar-refractivity contribution is 0.731. The van der Waals surface area contributed by atoms with Crippen molar-refractivity contribution < 1.29 is 0 Å². The van der Waals surface area contributed by atoms with Gasteiger partial charge in [0.25, 0.3) is 0 Å². The Hall–Kier alpha value is -3.74. The fraction of sp³-hybridized carbons (Fsp3) is 0.100. The summed E-state index contributed by atoms with van der Waals surface area (Å²) in [6, 6.07) is 22.6. The van der Waals surface area contributed by atoms with Gasteiger partial charge in [-0.3, -0.25) is 0 Å². The Morgan fingerprint density at radius 3 is 2.74 bits per heavy atom. The third kappa shape index (κ3) is 2.89. The molecular weight excluding hydrogens is 338 g/mol. The standard InChI is InChI=1S/C20H17N7/c1-2-6-14(7-3-1)16(17-13-21-18-9-5-4-8-15(17)18)12-22-19-10-11-20-23-25-26-27(20)24-19/h1-11,13,16,21H,12H2,(H,22,24)/t16-/m1/s1. The first-order chi connectivity index (χ1) is 13.4. The van der Waals surface area contributed by atoms with E-state index >= 15 is 0 Å². The van der Waals surface area contributed by atoms with Crippen LogP contribution in [0.2, 0.25) is 0 Å². The molecule has 0 bridgehead atoms. The van der Waals surface area contributed by atoms with Gasteiger partial charge < -0.3 is 10.3 Å². The van der Waals surface area contributed by atoms with Crippen LogP contribution in [0, 0.1) is 0 Å². The van der Waals surface area contributed by atoms with Crippen molar-refractivity contribution in [1.82, 2.24) is 30.2 Å². The van der Waals surface area contributed by atoms with E-state index in [4.69, 9.17) is 0 Å². The second-order valence-electron chi connectivity index (χ2n) is 6.38. The molecule has 132 valence electrons. The zero-order valence-electron chi connectivity index (χ0n) is 14.4. The summed E-state index contributed by atoms with van der Waals surface area (Å²) in [7, 11) is 0. The van der Waals surface area contributed by atoms with E-state index in [1.807, 2.05) is 24.3 Å². The molecule has 0 aliphatic rings. The SMILES string of the molecule is c1ccc([C@@H](CNc2ccc3nnnn3n2)c2c[nH]c3ccccc23)cc1. The van der Waals surface area contributed by atoms with Crippen LogP contribution in [0.3, 0.4) is 0 Å². The highest BCUT2D eigenvalue weighted by atomic mass is 15.6. The first-order valence-electron chi connectivity index (χ1n) is 8.79. The van der Waals surface area contributed by atoms with Crippen LogP contribution in [0.4, 0.5) is 5.82 Å². The molecule has 0 radical (unpaired) electrons. The Morgan fingerprint density at radius 1 is 0.963 bits per heavy atom. The van der Waals surface area contributed by atoms with Crippen LogP contribution in [-0.4, -0.2) is 36.8 Å². The molecule has 1 atom stereocenters. The minimum Gasteiger partial charge on any atom is -0.368 e. The molecule has 7 heteroatoms. The van der Waals surface area contributed by atoms with Crippen LogP contribution in [0.25, 0.3) is 16.6 Å². The lowest BCUT2D eigenvalue weighted by Crippen LogP contribution is -2.15. The second kappa shape index (κ2) is 6.53. The lowest BCUT2D eigenvalue weighted by atomic mass is 9.91. The fourth-order valence-corrected chi connectivity index (χ4v) is 3.43. The first kappa shape index (κ1) is 15.5. The van der Waals surface area contributed by atoms with E-state index in [1.165, 1.54) is 21.1 Å². The molecule has 3 heterocycles. The number of nitrogens with zero attached hydrogens (tertiary/aromatic N) is 5. The highest BCUT2D eigenvalue weighted by Crippen LogP contribution is 2.31. The van der Waals surface area contributed by atoms with Gasteiger partial charge in [-0.1, -0.05) is 48.5 Å². The molecular formula is C20H17N7. The number of H-pyrrole nitrogens is 1. The third-order valence-electron chi connectivity index (χ3n) is 4.76. The van der Waals surface area contributed by atoms with Gasteiger partial charge in [0.15, 0.2) is 5.65 Å². The molecule has 0 unspecified atom stereocenters. The molecule has 2 N–H and O–H groups in total. The number of aromatic amines is 1. The van der Waals surface area contributed by atoms with Crippen LogP contribution in [-0.2, 0) is 0 Å². The Bertz CT molecular complexity index is 1190. The van der Waals surface area contributed by atoms with E-state index in [0.29, 0.717) is 12.2 Å². The normalized spacial score (nSPS) is 12.4. The van der Waals surface area contributed by atoms with E-state index in [9.17, 15) is 0 Å². The van der Waals surface area contributed by atoms with E-state index in [-0.39, 0.29) is 5.92 Å². The topological polar surface area (TPSA) is 83.8 Å². The van der Waals surface area contributed by atoms with Crippen LogP contribution in [0.1, 0.15) is 17.0 Å². The summed E-state index contributed by atoms with van der Waals surface area (Å²) < 4.78 is 1.42. The fourth-order valence-electron chi connectivity index (χ4n) is 3.43. The van der Waals surface area contributed by atoms with Crippen LogP contribution >= 0.6 is 0 Å². The van der Waals surface area contributed by atoms with Crippen molar-refractivity contribution in [3.63, 3.8) is 0 Å². The van der Waals surface area contributed by atoms with Crippen molar-refractivity contribution in [3.8, 4) is 0 Å². The summed E-state index contributed by atoms with van der Waals surface area (Å²) in [5.41, 5.74) is 4.27. The molecule has 7 nitrogen and oxygen atoms in total. The zero-order valence-corrected chi connectivity index (χ0v) is 14.4. The molecule has 0 saturated carbocycles. The Balaban J connectivity index is 1.50. The molecule has 5 rings (SSSR count). The third-order valence-corrected chi connectivity index (χ3v) is 4.76. The first-order valence-corrected chi connectivity index (χ1v) is 8.79. The van der Waals surface area contributed by atoms with E-state index < -0.39 is 0 Å². The summed E-state index contributed by atoms with van der Waals surface area (Å²) in [4.78, 5) is 3.38. The van der Waals surface area contributed by atoms with Crippen molar-refractivity contribution >= 4 is 22.4 Å². The molecule has 0 aliphatic carbocycles. The van der Waals surface area contributed by atoms with E-state index in [1.54, 1.807) is 0 Å². The number of benzene rings is 2.